The van der Waals surface area contributed by atoms with E-state index in [1.54, 1.807) is 0 Å². The van der Waals surface area contributed by atoms with Crippen molar-refractivity contribution in [2.75, 3.05) is 31.6 Å². The van der Waals surface area contributed by atoms with Gasteiger partial charge >= 0.3 is 0 Å². The van der Waals surface area contributed by atoms with Crippen LogP contribution < -0.4 is 15.5 Å². The van der Waals surface area contributed by atoms with Crippen LogP contribution in [-0.4, -0.2) is 48.5 Å². The van der Waals surface area contributed by atoms with Gasteiger partial charge in [-0.25, -0.2) is 0 Å². The third-order valence-corrected chi connectivity index (χ3v) is 5.09. The van der Waals surface area contributed by atoms with Crippen molar-refractivity contribution in [3.8, 4) is 0 Å². The van der Waals surface area contributed by atoms with Crippen LogP contribution in [-0.2, 0) is 6.54 Å². The van der Waals surface area contributed by atoms with E-state index in [0.717, 1.165) is 49.5 Å². The lowest BCUT2D eigenvalue weighted by atomic mass is 10.2. The van der Waals surface area contributed by atoms with E-state index in [0.29, 0.717) is 6.04 Å². The van der Waals surface area contributed by atoms with Crippen LogP contribution in [0.25, 0.3) is 0 Å². The second-order valence-corrected chi connectivity index (χ2v) is 7.60. The summed E-state index contributed by atoms with van der Waals surface area (Å²) in [6.07, 6.45) is 6.09. The number of aryl methyl sites for hydroxylation is 2. The Bertz CT molecular complexity index is 730. The zero-order valence-electron chi connectivity index (χ0n) is 15.9. The van der Waals surface area contributed by atoms with Crippen LogP contribution >= 0.6 is 39.9 Å². The molecule has 1 aliphatic rings. The van der Waals surface area contributed by atoms with Gasteiger partial charge in [0.05, 0.1) is 6.20 Å². The predicted molar refractivity (Wildman–Crippen MR) is 126 cm³/mol. The van der Waals surface area contributed by atoms with E-state index in [9.17, 15) is 0 Å². The first-order chi connectivity index (χ1) is 12.6. The Kier molecular flexibility index (Phi) is 8.88. The quantitative estimate of drug-likeness (QED) is 0.252. The van der Waals surface area contributed by atoms with E-state index in [4.69, 9.17) is 0 Å². The third-order valence-electron chi connectivity index (χ3n) is 4.56. The van der Waals surface area contributed by atoms with Gasteiger partial charge in [0.1, 0.15) is 0 Å². The summed E-state index contributed by atoms with van der Waals surface area (Å²) >= 11 is 3.49. The maximum Gasteiger partial charge on any atom is 0.191 e. The van der Waals surface area contributed by atoms with E-state index in [1.807, 2.05) is 17.9 Å². The van der Waals surface area contributed by atoms with Crippen molar-refractivity contribution in [1.82, 2.24) is 20.4 Å². The summed E-state index contributed by atoms with van der Waals surface area (Å²) in [6.45, 7) is 5.91. The van der Waals surface area contributed by atoms with Gasteiger partial charge in [-0.1, -0.05) is 15.9 Å². The fourth-order valence-corrected chi connectivity index (χ4v) is 3.45. The van der Waals surface area contributed by atoms with Crippen LogP contribution in [0.4, 0.5) is 5.69 Å². The van der Waals surface area contributed by atoms with Crippen molar-refractivity contribution in [3.63, 3.8) is 0 Å². The molecule has 0 spiro atoms. The lowest BCUT2D eigenvalue weighted by molar-refractivity contribution is 0.565. The first-order valence-corrected chi connectivity index (χ1v) is 9.90. The average molecular weight is 547 g/mol. The number of halogens is 2. The van der Waals surface area contributed by atoms with Gasteiger partial charge in [-0.05, 0) is 49.6 Å². The number of benzene rings is 1. The van der Waals surface area contributed by atoms with Crippen molar-refractivity contribution in [3.05, 3.63) is 46.7 Å². The SMILES string of the molecule is CN=C(NCCCn1cc(C)cn1)NC1CCN(c2ccc(Br)cc2)C1.I. The van der Waals surface area contributed by atoms with Crippen molar-refractivity contribution in [2.45, 2.75) is 32.4 Å². The van der Waals surface area contributed by atoms with E-state index in [1.165, 1.54) is 11.3 Å². The van der Waals surface area contributed by atoms with E-state index < -0.39 is 0 Å². The molecule has 3 rings (SSSR count). The topological polar surface area (TPSA) is 57.5 Å². The Hall–Kier alpha value is -1.29. The molecule has 27 heavy (non-hydrogen) atoms. The summed E-state index contributed by atoms with van der Waals surface area (Å²) in [6, 6.07) is 8.93. The fraction of sp³-hybridized carbons (Fsp3) is 0.474. The Morgan fingerprint density at radius 1 is 1.33 bits per heavy atom. The molecule has 0 saturated carbocycles. The lowest BCUT2D eigenvalue weighted by Gasteiger charge is -2.20. The second kappa shape index (κ2) is 10.9. The minimum atomic E-state index is 0. The molecular formula is C19H28BrIN6. The number of aliphatic imine (C=N–C) groups is 1. The highest BCUT2D eigenvalue weighted by Crippen LogP contribution is 2.22. The number of hydrogen-bond acceptors (Lipinski definition) is 3. The summed E-state index contributed by atoms with van der Waals surface area (Å²) in [7, 11) is 1.83. The first-order valence-electron chi connectivity index (χ1n) is 9.11. The highest BCUT2D eigenvalue weighted by molar-refractivity contribution is 14.0. The van der Waals surface area contributed by atoms with Gasteiger partial charge in [0.15, 0.2) is 5.96 Å². The van der Waals surface area contributed by atoms with Gasteiger partial charge in [-0.2, -0.15) is 5.10 Å². The van der Waals surface area contributed by atoms with Crippen LogP contribution in [0, 0.1) is 6.92 Å². The van der Waals surface area contributed by atoms with Crippen LogP contribution in [0.2, 0.25) is 0 Å². The van der Waals surface area contributed by atoms with E-state index in [-0.39, 0.29) is 24.0 Å². The number of rotatable bonds is 6. The number of aromatic nitrogens is 2. The molecule has 148 valence electrons. The molecule has 1 aromatic carbocycles. The molecule has 0 aliphatic carbocycles. The maximum absolute atomic E-state index is 4.36. The van der Waals surface area contributed by atoms with Gasteiger partial charge in [-0.15, -0.1) is 24.0 Å². The molecule has 1 fully saturated rings. The average Bonchev–Trinajstić information content (AvgIpc) is 3.27. The maximum atomic E-state index is 4.36. The van der Waals surface area contributed by atoms with Crippen molar-refractivity contribution >= 4 is 51.6 Å². The molecule has 1 atom stereocenters. The van der Waals surface area contributed by atoms with Crippen molar-refractivity contribution in [1.29, 1.82) is 0 Å². The molecule has 1 aliphatic heterocycles. The number of guanidine groups is 1. The summed E-state index contributed by atoms with van der Waals surface area (Å²) in [4.78, 5) is 6.77. The molecular weight excluding hydrogens is 519 g/mol. The number of hydrogen-bond donors (Lipinski definition) is 2. The monoisotopic (exact) mass is 546 g/mol. The van der Waals surface area contributed by atoms with Crippen molar-refractivity contribution < 1.29 is 0 Å². The fourth-order valence-electron chi connectivity index (χ4n) is 3.19. The van der Waals surface area contributed by atoms with Gasteiger partial charge < -0.3 is 15.5 Å². The highest BCUT2D eigenvalue weighted by atomic mass is 127. The lowest BCUT2D eigenvalue weighted by Crippen LogP contribution is -2.45. The summed E-state index contributed by atoms with van der Waals surface area (Å²) < 4.78 is 3.10. The minimum absolute atomic E-state index is 0. The molecule has 8 heteroatoms. The molecule has 0 radical (unpaired) electrons. The molecule has 2 N–H and O–H groups in total. The van der Waals surface area contributed by atoms with Gasteiger partial charge in [0.25, 0.3) is 0 Å². The molecule has 0 bridgehead atoms. The number of nitrogens with zero attached hydrogens (tertiary/aromatic N) is 4. The van der Waals surface area contributed by atoms with E-state index >= 15 is 0 Å². The molecule has 0 amide bonds. The van der Waals surface area contributed by atoms with Gasteiger partial charge in [-0.3, -0.25) is 9.67 Å². The van der Waals surface area contributed by atoms with Gasteiger partial charge in [0, 0.05) is 55.6 Å². The highest BCUT2D eigenvalue weighted by Gasteiger charge is 2.23. The molecule has 2 aromatic rings. The predicted octanol–water partition coefficient (Wildman–Crippen LogP) is 3.41. The summed E-state index contributed by atoms with van der Waals surface area (Å²) in [5, 5.41) is 11.3. The largest absolute Gasteiger partial charge is 0.369 e. The van der Waals surface area contributed by atoms with Crippen LogP contribution in [0.3, 0.4) is 0 Å². The number of nitrogens with one attached hydrogen (secondary N) is 2. The number of anilines is 1. The molecule has 6 nitrogen and oxygen atoms in total. The smallest absolute Gasteiger partial charge is 0.191 e. The van der Waals surface area contributed by atoms with Crippen LogP contribution in [0.5, 0.6) is 0 Å². The molecule has 1 aromatic heterocycles. The Morgan fingerprint density at radius 3 is 2.78 bits per heavy atom. The minimum Gasteiger partial charge on any atom is -0.369 e. The summed E-state index contributed by atoms with van der Waals surface area (Å²) in [5.41, 5.74) is 2.47. The Morgan fingerprint density at radius 2 is 2.11 bits per heavy atom. The van der Waals surface area contributed by atoms with Crippen LogP contribution in [0.1, 0.15) is 18.4 Å². The first kappa shape index (κ1) is 22.0. The zero-order valence-corrected chi connectivity index (χ0v) is 19.8. The second-order valence-electron chi connectivity index (χ2n) is 6.69. The molecule has 1 unspecified atom stereocenters. The molecule has 2 heterocycles. The Labute approximate surface area is 187 Å². The van der Waals surface area contributed by atoms with Crippen molar-refractivity contribution in [2.24, 2.45) is 4.99 Å². The molecule has 1 saturated heterocycles. The van der Waals surface area contributed by atoms with Crippen LogP contribution in [0.15, 0.2) is 46.1 Å². The standard InChI is InChI=1S/C19H27BrN6.HI/c1-15-12-23-26(13-15)10-3-9-22-19(21-2)24-17-8-11-25(14-17)18-6-4-16(20)5-7-18;/h4-7,12-13,17H,3,8-11,14H2,1-2H3,(H2,21,22,24);1H. The Balaban J connectivity index is 0.00000261. The third kappa shape index (κ3) is 6.67. The summed E-state index contributed by atoms with van der Waals surface area (Å²) in [5.74, 6) is 0.879. The zero-order chi connectivity index (χ0) is 18.4. The van der Waals surface area contributed by atoms with E-state index in [2.05, 4.69) is 78.9 Å². The van der Waals surface area contributed by atoms with Gasteiger partial charge in [0.2, 0.25) is 0 Å². The normalized spacial score (nSPS) is 16.9.